The van der Waals surface area contributed by atoms with E-state index in [-0.39, 0.29) is 5.41 Å². The van der Waals surface area contributed by atoms with Gasteiger partial charge in [-0.15, -0.1) is 0 Å². The van der Waals surface area contributed by atoms with E-state index >= 15 is 0 Å². The Morgan fingerprint density at radius 2 is 2.44 bits per heavy atom. The molecule has 0 bridgehead atoms. The van der Waals surface area contributed by atoms with Gasteiger partial charge in [0.25, 0.3) is 0 Å². The molecule has 1 nitrogen and oxygen atoms in total. The molecule has 0 amide bonds. The van der Waals surface area contributed by atoms with E-state index in [0.29, 0.717) is 0 Å². The minimum absolute atomic E-state index is 0.139. The van der Waals surface area contributed by atoms with E-state index in [1.165, 1.54) is 5.57 Å². The molecular weight excluding hydrogens is 110 g/mol. The number of rotatable bonds is 0. The van der Waals surface area contributed by atoms with Gasteiger partial charge in [0, 0.05) is 0 Å². The first kappa shape index (κ1) is 6.35. The molecule has 9 heavy (non-hydrogen) atoms. The molecule has 0 radical (unpaired) electrons. The Bertz CT molecular complexity index is 185. The van der Waals surface area contributed by atoms with Gasteiger partial charge in [0.2, 0.25) is 0 Å². The van der Waals surface area contributed by atoms with E-state index in [4.69, 9.17) is 5.26 Å². The van der Waals surface area contributed by atoms with Crippen LogP contribution in [0.3, 0.4) is 0 Å². The van der Waals surface area contributed by atoms with Crippen molar-refractivity contribution in [2.45, 2.75) is 26.7 Å². The average Bonchev–Trinajstić information content (AvgIpc) is 2.15. The summed E-state index contributed by atoms with van der Waals surface area (Å²) in [4.78, 5) is 0. The topological polar surface area (TPSA) is 23.8 Å². The van der Waals surface area contributed by atoms with Gasteiger partial charge in [-0.25, -0.2) is 0 Å². The van der Waals surface area contributed by atoms with Crippen molar-refractivity contribution in [2.75, 3.05) is 0 Å². The zero-order valence-corrected chi connectivity index (χ0v) is 5.94. The Labute approximate surface area is 56.0 Å². The number of nitrogens with zero attached hydrogens (tertiary/aromatic N) is 1. The van der Waals surface area contributed by atoms with Crippen molar-refractivity contribution in [3.63, 3.8) is 0 Å². The van der Waals surface area contributed by atoms with E-state index in [1.54, 1.807) is 0 Å². The lowest BCUT2D eigenvalue weighted by Gasteiger charge is -2.14. The zero-order valence-electron chi connectivity index (χ0n) is 5.94. The van der Waals surface area contributed by atoms with Gasteiger partial charge in [0.05, 0.1) is 11.5 Å². The van der Waals surface area contributed by atoms with Crippen molar-refractivity contribution in [1.29, 1.82) is 5.26 Å². The first-order valence-corrected chi connectivity index (χ1v) is 3.27. The lowest BCUT2D eigenvalue weighted by Crippen LogP contribution is -2.09. The Kier molecular flexibility index (Phi) is 1.32. The van der Waals surface area contributed by atoms with Crippen molar-refractivity contribution in [1.82, 2.24) is 0 Å². The summed E-state index contributed by atoms with van der Waals surface area (Å²) < 4.78 is 0. The molecular formula is C8H11N. The molecule has 0 aromatic heterocycles. The second-order valence-corrected chi connectivity index (χ2v) is 2.87. The van der Waals surface area contributed by atoms with Crippen molar-refractivity contribution in [3.8, 4) is 6.07 Å². The van der Waals surface area contributed by atoms with Gasteiger partial charge in [-0.1, -0.05) is 11.6 Å². The molecule has 0 aromatic carbocycles. The maximum absolute atomic E-state index is 8.70. The van der Waals surface area contributed by atoms with Crippen molar-refractivity contribution in [2.24, 2.45) is 5.41 Å². The van der Waals surface area contributed by atoms with Crippen LogP contribution in [0.15, 0.2) is 11.6 Å². The highest BCUT2D eigenvalue weighted by Gasteiger charge is 2.28. The van der Waals surface area contributed by atoms with Crippen LogP contribution in [-0.2, 0) is 0 Å². The van der Waals surface area contributed by atoms with Crippen LogP contribution in [0.4, 0.5) is 0 Å². The highest BCUT2D eigenvalue weighted by atomic mass is 14.4. The number of nitriles is 1. The van der Waals surface area contributed by atoms with Crippen molar-refractivity contribution >= 4 is 0 Å². The fourth-order valence-electron chi connectivity index (χ4n) is 1.14. The molecule has 1 rings (SSSR count). The van der Waals surface area contributed by atoms with Gasteiger partial charge in [-0.2, -0.15) is 5.26 Å². The van der Waals surface area contributed by atoms with Gasteiger partial charge < -0.3 is 0 Å². The Hall–Kier alpha value is -0.770. The lowest BCUT2D eigenvalue weighted by atomic mass is 9.86. The third kappa shape index (κ3) is 0.853. The highest BCUT2D eigenvalue weighted by molar-refractivity contribution is 5.24. The summed E-state index contributed by atoms with van der Waals surface area (Å²) in [5, 5.41) is 8.70. The van der Waals surface area contributed by atoms with Gasteiger partial charge in [0.15, 0.2) is 0 Å². The molecule has 0 saturated heterocycles. The molecule has 0 heterocycles. The second-order valence-electron chi connectivity index (χ2n) is 2.87. The van der Waals surface area contributed by atoms with Crippen LogP contribution >= 0.6 is 0 Å². The first-order valence-electron chi connectivity index (χ1n) is 3.27. The van der Waals surface area contributed by atoms with Crippen LogP contribution in [0.25, 0.3) is 0 Å². The van der Waals surface area contributed by atoms with Crippen molar-refractivity contribution in [3.05, 3.63) is 11.6 Å². The van der Waals surface area contributed by atoms with Crippen LogP contribution < -0.4 is 0 Å². The molecule has 0 fully saturated rings. The van der Waals surface area contributed by atoms with Crippen LogP contribution in [0, 0.1) is 16.7 Å². The van der Waals surface area contributed by atoms with E-state index in [0.717, 1.165) is 12.8 Å². The molecule has 0 aliphatic heterocycles. The maximum Gasteiger partial charge on any atom is 0.0754 e. The quantitative estimate of drug-likeness (QED) is 0.451. The summed E-state index contributed by atoms with van der Waals surface area (Å²) in [5.41, 5.74) is 1.10. The maximum atomic E-state index is 8.70. The Morgan fingerprint density at radius 3 is 2.67 bits per heavy atom. The Balaban J connectivity index is 2.86. The lowest BCUT2D eigenvalue weighted by molar-refractivity contribution is 0.524. The van der Waals surface area contributed by atoms with E-state index in [2.05, 4.69) is 12.1 Å². The predicted molar refractivity (Wildman–Crippen MR) is 36.7 cm³/mol. The SMILES string of the molecule is CC1=CCCC1(C)C#N. The summed E-state index contributed by atoms with van der Waals surface area (Å²) in [6.07, 6.45) is 4.24. The van der Waals surface area contributed by atoms with Crippen LogP contribution in [0.5, 0.6) is 0 Å². The molecule has 1 unspecified atom stereocenters. The first-order chi connectivity index (χ1) is 4.19. The molecule has 48 valence electrons. The molecule has 0 aromatic rings. The van der Waals surface area contributed by atoms with Gasteiger partial charge in [0.1, 0.15) is 0 Å². The minimum Gasteiger partial charge on any atom is -0.197 e. The van der Waals surface area contributed by atoms with Crippen molar-refractivity contribution < 1.29 is 0 Å². The second kappa shape index (κ2) is 1.88. The smallest absolute Gasteiger partial charge is 0.0754 e. The number of hydrogen-bond donors (Lipinski definition) is 0. The third-order valence-corrected chi connectivity index (χ3v) is 2.21. The fourth-order valence-corrected chi connectivity index (χ4v) is 1.14. The van der Waals surface area contributed by atoms with Crippen LogP contribution in [-0.4, -0.2) is 0 Å². The standard InChI is InChI=1S/C8H11N/c1-7-4-3-5-8(7,2)6-9/h4H,3,5H2,1-2H3. The third-order valence-electron chi connectivity index (χ3n) is 2.21. The normalized spacial score (nSPS) is 33.7. The summed E-state index contributed by atoms with van der Waals surface area (Å²) in [6.45, 7) is 4.04. The van der Waals surface area contributed by atoms with Gasteiger partial charge >= 0.3 is 0 Å². The van der Waals surface area contributed by atoms with Crippen LogP contribution in [0.2, 0.25) is 0 Å². The minimum atomic E-state index is -0.139. The number of allylic oxidation sites excluding steroid dienone is 2. The number of hydrogen-bond acceptors (Lipinski definition) is 1. The molecule has 1 aliphatic rings. The summed E-state index contributed by atoms with van der Waals surface area (Å²) in [6, 6.07) is 2.32. The molecule has 0 saturated carbocycles. The van der Waals surface area contributed by atoms with E-state index in [9.17, 15) is 0 Å². The molecule has 1 heteroatoms. The summed E-state index contributed by atoms with van der Waals surface area (Å²) in [7, 11) is 0. The molecule has 1 atom stereocenters. The predicted octanol–water partition coefficient (Wildman–Crippen LogP) is 2.26. The average molecular weight is 121 g/mol. The van der Waals surface area contributed by atoms with Gasteiger partial charge in [-0.3, -0.25) is 0 Å². The largest absolute Gasteiger partial charge is 0.197 e. The highest BCUT2D eigenvalue weighted by Crippen LogP contribution is 2.36. The van der Waals surface area contributed by atoms with Crippen LogP contribution in [0.1, 0.15) is 26.7 Å². The summed E-state index contributed by atoms with van der Waals surface area (Å²) >= 11 is 0. The fraction of sp³-hybridized carbons (Fsp3) is 0.625. The molecule has 0 N–H and O–H groups in total. The monoisotopic (exact) mass is 121 g/mol. The van der Waals surface area contributed by atoms with Gasteiger partial charge in [-0.05, 0) is 26.7 Å². The molecule has 1 aliphatic carbocycles. The Morgan fingerprint density at radius 1 is 1.78 bits per heavy atom. The van der Waals surface area contributed by atoms with E-state index in [1.807, 2.05) is 13.8 Å². The van der Waals surface area contributed by atoms with E-state index < -0.39 is 0 Å². The molecule has 0 spiro atoms. The zero-order chi connectivity index (χ0) is 6.91. The summed E-state index contributed by atoms with van der Waals surface area (Å²) in [5.74, 6) is 0.